The van der Waals surface area contributed by atoms with Gasteiger partial charge in [-0.25, -0.2) is 0 Å². The molecule has 0 spiro atoms. The molecule has 1 aliphatic heterocycles. The Balaban J connectivity index is 2.06. The summed E-state index contributed by atoms with van der Waals surface area (Å²) in [5, 5.41) is 3.05. The summed E-state index contributed by atoms with van der Waals surface area (Å²) in [6, 6.07) is 0. The normalized spacial score (nSPS) is 28.9. The van der Waals surface area contributed by atoms with Crippen molar-refractivity contribution in [3.05, 3.63) is 0 Å². The predicted molar refractivity (Wildman–Crippen MR) is 29.6 cm³/mol. The molecule has 1 rings (SSSR count). The quantitative estimate of drug-likeness (QED) is 0.532. The number of methoxy groups -OCH3 is 1. The van der Waals surface area contributed by atoms with Crippen LogP contribution < -0.4 is 5.32 Å². The lowest BCUT2D eigenvalue weighted by atomic mass is 10.4. The van der Waals surface area contributed by atoms with Crippen molar-refractivity contribution in [1.29, 1.82) is 0 Å². The third-order valence-electron chi connectivity index (χ3n) is 1.15. The molecular formula is C5H11NO2. The molecule has 1 heterocycles. The van der Waals surface area contributed by atoms with Crippen LogP contribution in [0.15, 0.2) is 0 Å². The van der Waals surface area contributed by atoms with E-state index in [4.69, 9.17) is 9.47 Å². The Morgan fingerprint density at radius 2 is 2.75 bits per heavy atom. The topological polar surface area (TPSA) is 30.5 Å². The molecule has 8 heavy (non-hydrogen) atoms. The monoisotopic (exact) mass is 117 g/mol. The number of hydrogen-bond acceptors (Lipinski definition) is 3. The van der Waals surface area contributed by atoms with Crippen LogP contribution in [0.5, 0.6) is 0 Å². The molecule has 3 nitrogen and oxygen atoms in total. The van der Waals surface area contributed by atoms with Gasteiger partial charge in [-0.15, -0.1) is 0 Å². The fourth-order valence-electron chi connectivity index (χ4n) is 0.749. The first kappa shape index (κ1) is 6.01. The van der Waals surface area contributed by atoms with Crippen molar-refractivity contribution >= 4 is 0 Å². The van der Waals surface area contributed by atoms with Crippen LogP contribution in [0, 0.1) is 0 Å². The Morgan fingerprint density at radius 1 is 1.88 bits per heavy atom. The molecule has 0 radical (unpaired) electrons. The summed E-state index contributed by atoms with van der Waals surface area (Å²) >= 11 is 0. The smallest absolute Gasteiger partial charge is 0.0971 e. The van der Waals surface area contributed by atoms with Crippen LogP contribution in [0.25, 0.3) is 0 Å². The maximum atomic E-state index is 5.16. The van der Waals surface area contributed by atoms with Gasteiger partial charge in [0, 0.05) is 13.7 Å². The zero-order valence-corrected chi connectivity index (χ0v) is 5.02. The van der Waals surface area contributed by atoms with Gasteiger partial charge < -0.3 is 9.47 Å². The molecule has 3 heteroatoms. The number of hydrogen-bond donors (Lipinski definition) is 1. The van der Waals surface area contributed by atoms with E-state index in [1.165, 1.54) is 0 Å². The Morgan fingerprint density at radius 3 is 3.25 bits per heavy atom. The second-order valence-corrected chi connectivity index (χ2v) is 1.84. The highest BCUT2D eigenvalue weighted by Gasteiger charge is 2.12. The minimum absolute atomic E-state index is 0.278. The van der Waals surface area contributed by atoms with E-state index >= 15 is 0 Å². The third-order valence-corrected chi connectivity index (χ3v) is 1.15. The van der Waals surface area contributed by atoms with Crippen molar-refractivity contribution in [3.8, 4) is 0 Å². The predicted octanol–water partition coefficient (Wildman–Crippen LogP) is -0.421. The third kappa shape index (κ3) is 1.43. The summed E-state index contributed by atoms with van der Waals surface area (Å²) in [7, 11) is 1.68. The summed E-state index contributed by atoms with van der Waals surface area (Å²) in [6.07, 6.45) is 0.278. The minimum Gasteiger partial charge on any atom is -0.382 e. The lowest BCUT2D eigenvalue weighted by Gasteiger charge is -2.03. The number of ether oxygens (including phenoxy) is 2. The van der Waals surface area contributed by atoms with Crippen molar-refractivity contribution in [2.45, 2.75) is 6.10 Å². The lowest BCUT2D eigenvalue weighted by molar-refractivity contribution is 0.0420. The second kappa shape index (κ2) is 3.02. The molecule has 0 aromatic rings. The minimum atomic E-state index is 0.278. The summed E-state index contributed by atoms with van der Waals surface area (Å²) in [5.41, 5.74) is 0. The van der Waals surface area contributed by atoms with E-state index in [-0.39, 0.29) is 6.10 Å². The van der Waals surface area contributed by atoms with Crippen LogP contribution in [0.1, 0.15) is 0 Å². The highest BCUT2D eigenvalue weighted by Crippen LogP contribution is 1.95. The van der Waals surface area contributed by atoms with E-state index in [1.807, 2.05) is 0 Å². The molecule has 0 aliphatic carbocycles. The highest BCUT2D eigenvalue weighted by molar-refractivity contribution is 4.63. The van der Waals surface area contributed by atoms with Gasteiger partial charge in [0.15, 0.2) is 0 Å². The van der Waals surface area contributed by atoms with Gasteiger partial charge in [0.2, 0.25) is 0 Å². The molecule has 0 bridgehead atoms. The first-order valence-corrected chi connectivity index (χ1v) is 2.74. The van der Waals surface area contributed by atoms with E-state index in [9.17, 15) is 0 Å². The van der Waals surface area contributed by atoms with Crippen LogP contribution in [0.4, 0.5) is 0 Å². The Kier molecular flexibility index (Phi) is 2.27. The van der Waals surface area contributed by atoms with E-state index in [0.29, 0.717) is 13.3 Å². The van der Waals surface area contributed by atoms with Crippen LogP contribution in [0.2, 0.25) is 0 Å². The van der Waals surface area contributed by atoms with Crippen LogP contribution in [-0.2, 0) is 9.47 Å². The largest absolute Gasteiger partial charge is 0.382 e. The molecule has 1 N–H and O–H groups in total. The van der Waals surface area contributed by atoms with Crippen molar-refractivity contribution < 1.29 is 9.47 Å². The van der Waals surface area contributed by atoms with E-state index in [2.05, 4.69) is 5.32 Å². The summed E-state index contributed by atoms with van der Waals surface area (Å²) < 4.78 is 10.0. The van der Waals surface area contributed by atoms with Crippen LogP contribution in [-0.4, -0.2) is 33.1 Å². The lowest BCUT2D eigenvalue weighted by Crippen LogP contribution is -2.18. The zero-order chi connectivity index (χ0) is 5.82. The molecule has 1 fully saturated rings. The maximum absolute atomic E-state index is 5.16. The average Bonchev–Trinajstić information content (AvgIpc) is 2.19. The fraction of sp³-hybridized carbons (Fsp3) is 1.00. The van der Waals surface area contributed by atoms with Gasteiger partial charge in [0.05, 0.1) is 19.4 Å². The van der Waals surface area contributed by atoms with Gasteiger partial charge in [0.1, 0.15) is 0 Å². The molecule has 0 saturated carbocycles. The van der Waals surface area contributed by atoms with Crippen molar-refractivity contribution in [1.82, 2.24) is 5.32 Å². The van der Waals surface area contributed by atoms with Gasteiger partial charge in [-0.2, -0.15) is 0 Å². The zero-order valence-electron chi connectivity index (χ0n) is 5.02. The molecule has 1 atom stereocenters. The number of nitrogens with one attached hydrogen (secondary N) is 1. The van der Waals surface area contributed by atoms with Gasteiger partial charge in [-0.05, 0) is 0 Å². The van der Waals surface area contributed by atoms with E-state index < -0.39 is 0 Å². The summed E-state index contributed by atoms with van der Waals surface area (Å²) in [5.74, 6) is 0. The molecule has 0 amide bonds. The van der Waals surface area contributed by atoms with Crippen molar-refractivity contribution in [3.63, 3.8) is 0 Å². The van der Waals surface area contributed by atoms with Gasteiger partial charge in [-0.3, -0.25) is 5.32 Å². The fourth-order valence-corrected chi connectivity index (χ4v) is 0.749. The molecule has 0 aromatic heterocycles. The highest BCUT2D eigenvalue weighted by atomic mass is 16.5. The Labute approximate surface area is 49.0 Å². The van der Waals surface area contributed by atoms with Crippen molar-refractivity contribution in [2.24, 2.45) is 0 Å². The molecule has 0 aromatic carbocycles. The van der Waals surface area contributed by atoms with Crippen molar-refractivity contribution in [2.75, 3.05) is 27.0 Å². The standard InChI is InChI=1S/C5H11NO2/c1-7-3-5-2-6-4-8-5/h5-6H,2-4H2,1H3. The summed E-state index contributed by atoms with van der Waals surface area (Å²) in [6.45, 7) is 2.30. The SMILES string of the molecule is COCC1CNCO1. The maximum Gasteiger partial charge on any atom is 0.0971 e. The van der Waals surface area contributed by atoms with Gasteiger partial charge in [0.25, 0.3) is 0 Å². The van der Waals surface area contributed by atoms with Gasteiger partial charge >= 0.3 is 0 Å². The Hall–Kier alpha value is -0.120. The van der Waals surface area contributed by atoms with E-state index in [0.717, 1.165) is 6.54 Å². The van der Waals surface area contributed by atoms with Crippen LogP contribution >= 0.6 is 0 Å². The Bertz CT molecular complexity index is 61.4. The summed E-state index contributed by atoms with van der Waals surface area (Å²) in [4.78, 5) is 0. The molecule has 48 valence electrons. The molecule has 1 aliphatic rings. The van der Waals surface area contributed by atoms with Crippen LogP contribution in [0.3, 0.4) is 0 Å². The number of rotatable bonds is 2. The van der Waals surface area contributed by atoms with E-state index in [1.54, 1.807) is 7.11 Å². The molecular weight excluding hydrogens is 106 g/mol. The molecule has 1 unspecified atom stereocenters. The second-order valence-electron chi connectivity index (χ2n) is 1.84. The molecule has 1 saturated heterocycles. The first-order valence-electron chi connectivity index (χ1n) is 2.74. The van der Waals surface area contributed by atoms with Gasteiger partial charge in [-0.1, -0.05) is 0 Å². The first-order chi connectivity index (χ1) is 3.93. The average molecular weight is 117 g/mol.